The van der Waals surface area contributed by atoms with Crippen molar-refractivity contribution in [1.82, 2.24) is 19.7 Å². The first-order valence-corrected chi connectivity index (χ1v) is 9.07. The second-order valence-electron chi connectivity index (χ2n) is 6.72. The molecular weight excluding hydrogens is 388 g/mol. The summed E-state index contributed by atoms with van der Waals surface area (Å²) in [6.45, 7) is -2.80. The molecule has 6 nitrogen and oxygen atoms in total. The molecule has 4 rings (SSSR count). The second kappa shape index (κ2) is 7.27. The van der Waals surface area contributed by atoms with E-state index in [9.17, 15) is 13.6 Å². The predicted molar refractivity (Wildman–Crippen MR) is 101 cm³/mol. The molecule has 1 aromatic carbocycles. The molecule has 1 fully saturated rings. The number of halogens is 3. The zero-order valence-corrected chi connectivity index (χ0v) is 15.4. The van der Waals surface area contributed by atoms with Crippen LogP contribution in [-0.2, 0) is 6.42 Å². The minimum absolute atomic E-state index is 0.0679. The van der Waals surface area contributed by atoms with Gasteiger partial charge in [-0.25, -0.2) is 14.6 Å². The summed E-state index contributed by atoms with van der Waals surface area (Å²) in [6.07, 6.45) is 4.55. The van der Waals surface area contributed by atoms with Gasteiger partial charge in [-0.3, -0.25) is 4.79 Å². The van der Waals surface area contributed by atoms with Crippen molar-refractivity contribution in [2.45, 2.75) is 31.7 Å². The maximum absolute atomic E-state index is 13.3. The van der Waals surface area contributed by atoms with E-state index in [1.165, 1.54) is 12.3 Å². The summed E-state index contributed by atoms with van der Waals surface area (Å²) in [5.74, 6) is 0.370. The molecule has 2 aromatic heterocycles. The van der Waals surface area contributed by atoms with Gasteiger partial charge in [-0.2, -0.15) is 13.9 Å². The van der Waals surface area contributed by atoms with E-state index in [1.807, 2.05) is 6.07 Å². The number of anilines is 1. The van der Waals surface area contributed by atoms with Gasteiger partial charge in [-0.1, -0.05) is 23.7 Å². The number of carbonyl (C=O) groups is 1. The summed E-state index contributed by atoms with van der Waals surface area (Å²) < 4.78 is 27.1. The Hall–Kier alpha value is -2.87. The Morgan fingerprint density at radius 2 is 2.04 bits per heavy atom. The smallest absolute Gasteiger partial charge is 0.333 e. The predicted octanol–water partition coefficient (Wildman–Crippen LogP) is 4.25. The van der Waals surface area contributed by atoms with Crippen LogP contribution in [0.15, 0.2) is 30.5 Å². The topological polar surface area (TPSA) is 86.7 Å². The lowest BCUT2D eigenvalue weighted by molar-refractivity contribution is 0.0567. The van der Waals surface area contributed by atoms with Crippen LogP contribution in [-0.4, -0.2) is 26.0 Å². The van der Waals surface area contributed by atoms with Crippen molar-refractivity contribution < 1.29 is 13.6 Å². The number of hydrogen-bond donors (Lipinski definition) is 1. The van der Waals surface area contributed by atoms with Gasteiger partial charge in [0, 0.05) is 29.8 Å². The lowest BCUT2D eigenvalue weighted by Gasteiger charge is -2.10. The summed E-state index contributed by atoms with van der Waals surface area (Å²) in [7, 11) is 0. The molecule has 0 unspecified atom stereocenters. The summed E-state index contributed by atoms with van der Waals surface area (Å²) >= 11 is 5.94. The molecule has 0 amide bonds. The SMILES string of the molecule is Nc1nc(Cl)cc(-c2nn(C(F)F)cc2Cc2cc(C=O)ccc2C2CC2)n1. The number of nitrogens with zero attached hydrogens (tertiary/aromatic N) is 4. The molecule has 1 aliphatic rings. The van der Waals surface area contributed by atoms with Crippen molar-refractivity contribution >= 4 is 23.8 Å². The average Bonchev–Trinajstić information content (AvgIpc) is 3.40. The number of alkyl halides is 2. The molecule has 0 radical (unpaired) electrons. The Morgan fingerprint density at radius 3 is 2.68 bits per heavy atom. The summed E-state index contributed by atoms with van der Waals surface area (Å²) in [5, 5.41) is 4.08. The Morgan fingerprint density at radius 1 is 1.25 bits per heavy atom. The van der Waals surface area contributed by atoms with Crippen LogP contribution < -0.4 is 5.73 Å². The molecule has 1 aliphatic carbocycles. The van der Waals surface area contributed by atoms with Gasteiger partial charge in [0.2, 0.25) is 5.95 Å². The average molecular weight is 404 g/mol. The van der Waals surface area contributed by atoms with Crippen molar-refractivity contribution in [1.29, 1.82) is 0 Å². The van der Waals surface area contributed by atoms with Crippen LogP contribution in [0.2, 0.25) is 5.15 Å². The minimum atomic E-state index is -2.80. The van der Waals surface area contributed by atoms with E-state index < -0.39 is 6.55 Å². The normalized spacial score (nSPS) is 13.9. The fraction of sp³-hybridized carbons (Fsp3) is 0.263. The van der Waals surface area contributed by atoms with Gasteiger partial charge in [0.05, 0.1) is 5.69 Å². The maximum atomic E-state index is 13.3. The number of hydrogen-bond acceptors (Lipinski definition) is 5. The largest absolute Gasteiger partial charge is 0.368 e. The minimum Gasteiger partial charge on any atom is -0.368 e. The lowest BCUT2D eigenvalue weighted by Crippen LogP contribution is -2.01. The molecule has 2 N–H and O–H groups in total. The molecular formula is C19H16ClF2N5O. The van der Waals surface area contributed by atoms with Crippen molar-refractivity contribution in [3.8, 4) is 11.4 Å². The molecule has 0 spiro atoms. The molecule has 0 bridgehead atoms. The molecule has 28 heavy (non-hydrogen) atoms. The number of aromatic nitrogens is 4. The summed E-state index contributed by atoms with van der Waals surface area (Å²) in [4.78, 5) is 19.1. The van der Waals surface area contributed by atoms with E-state index in [0.29, 0.717) is 28.1 Å². The molecule has 144 valence electrons. The van der Waals surface area contributed by atoms with Crippen LogP contribution in [0.25, 0.3) is 11.4 Å². The molecule has 0 saturated heterocycles. The fourth-order valence-electron chi connectivity index (χ4n) is 3.28. The monoisotopic (exact) mass is 403 g/mol. The third-order valence-electron chi connectivity index (χ3n) is 4.66. The standard InChI is InChI=1S/C19H16ClF2N5O/c20-16-7-15(24-19(23)25-16)17-13(8-27(26-17)18(21)22)6-12-5-10(9-28)1-4-14(12)11-2-3-11/h1,4-5,7-9,11,18H,2-3,6H2,(H2,23,24,25). The van der Waals surface area contributed by atoms with Crippen LogP contribution in [0.3, 0.4) is 0 Å². The third kappa shape index (κ3) is 3.73. The van der Waals surface area contributed by atoms with Gasteiger partial charge in [0.15, 0.2) is 0 Å². The van der Waals surface area contributed by atoms with Gasteiger partial charge in [-0.05, 0) is 36.0 Å². The number of nitrogen functional groups attached to an aromatic ring is 1. The Balaban J connectivity index is 1.81. The molecule has 1 saturated carbocycles. The van der Waals surface area contributed by atoms with Crippen LogP contribution in [0, 0.1) is 0 Å². The summed E-state index contributed by atoms with van der Waals surface area (Å²) in [6, 6.07) is 6.95. The summed E-state index contributed by atoms with van der Waals surface area (Å²) in [5.41, 5.74) is 9.29. The first kappa shape index (κ1) is 18.5. The highest BCUT2D eigenvalue weighted by atomic mass is 35.5. The zero-order valence-electron chi connectivity index (χ0n) is 14.6. The molecule has 2 heterocycles. The number of aldehydes is 1. The number of nitrogens with two attached hydrogens (primary N) is 1. The van der Waals surface area contributed by atoms with Crippen molar-refractivity contribution in [2.24, 2.45) is 0 Å². The molecule has 9 heteroatoms. The lowest BCUT2D eigenvalue weighted by atomic mass is 9.95. The van der Waals surface area contributed by atoms with Crippen LogP contribution >= 0.6 is 11.6 Å². The first-order chi connectivity index (χ1) is 13.4. The maximum Gasteiger partial charge on any atom is 0.333 e. The van der Waals surface area contributed by atoms with Gasteiger partial charge in [-0.15, -0.1) is 0 Å². The van der Waals surface area contributed by atoms with Crippen molar-refractivity contribution in [3.05, 3.63) is 57.9 Å². The van der Waals surface area contributed by atoms with E-state index in [1.54, 1.807) is 12.1 Å². The quantitative estimate of drug-likeness (QED) is 0.491. The zero-order chi connectivity index (χ0) is 19.8. The van der Waals surface area contributed by atoms with E-state index in [0.717, 1.165) is 30.3 Å². The first-order valence-electron chi connectivity index (χ1n) is 8.69. The third-order valence-corrected chi connectivity index (χ3v) is 4.86. The van der Waals surface area contributed by atoms with E-state index in [-0.39, 0.29) is 22.5 Å². The van der Waals surface area contributed by atoms with Crippen molar-refractivity contribution in [3.63, 3.8) is 0 Å². The Labute approximate surface area is 164 Å². The molecule has 0 aliphatic heterocycles. The van der Waals surface area contributed by atoms with Gasteiger partial charge >= 0.3 is 6.55 Å². The van der Waals surface area contributed by atoms with Gasteiger partial charge < -0.3 is 5.73 Å². The van der Waals surface area contributed by atoms with E-state index in [4.69, 9.17) is 17.3 Å². The van der Waals surface area contributed by atoms with Crippen molar-refractivity contribution in [2.75, 3.05) is 5.73 Å². The number of rotatable bonds is 6. The highest BCUT2D eigenvalue weighted by molar-refractivity contribution is 6.29. The van der Waals surface area contributed by atoms with Crippen LogP contribution in [0.4, 0.5) is 14.7 Å². The van der Waals surface area contributed by atoms with Gasteiger partial charge in [0.1, 0.15) is 17.1 Å². The Bertz CT molecular complexity index is 1030. The van der Waals surface area contributed by atoms with E-state index in [2.05, 4.69) is 15.1 Å². The Kier molecular flexibility index (Phi) is 4.80. The number of benzene rings is 1. The van der Waals surface area contributed by atoms with E-state index >= 15 is 0 Å². The van der Waals surface area contributed by atoms with Crippen LogP contribution in [0.1, 0.15) is 52.4 Å². The fourth-order valence-corrected chi connectivity index (χ4v) is 3.47. The number of carbonyl (C=O) groups excluding carboxylic acids is 1. The second-order valence-corrected chi connectivity index (χ2v) is 7.11. The van der Waals surface area contributed by atoms with Crippen LogP contribution in [0.5, 0.6) is 0 Å². The highest BCUT2D eigenvalue weighted by Crippen LogP contribution is 2.42. The highest BCUT2D eigenvalue weighted by Gasteiger charge is 2.27. The molecule has 0 atom stereocenters. The molecule has 3 aromatic rings. The van der Waals surface area contributed by atoms with Gasteiger partial charge in [0.25, 0.3) is 0 Å².